The van der Waals surface area contributed by atoms with E-state index in [-0.39, 0.29) is 23.4 Å². The molecule has 2 unspecified atom stereocenters. The summed E-state index contributed by atoms with van der Waals surface area (Å²) in [6.07, 6.45) is 4.53. The van der Waals surface area contributed by atoms with Gasteiger partial charge in [0.1, 0.15) is 5.78 Å². The van der Waals surface area contributed by atoms with Crippen molar-refractivity contribution >= 4 is 15.6 Å². The van der Waals surface area contributed by atoms with Gasteiger partial charge in [0, 0.05) is 18.3 Å². The highest BCUT2D eigenvalue weighted by atomic mass is 32.2. The van der Waals surface area contributed by atoms with E-state index in [9.17, 15) is 13.2 Å². The maximum absolute atomic E-state index is 12.2. The molecule has 0 aromatic heterocycles. The SMILES string of the molecule is O=C1CCCCCC1C1CS(=O)(=O)c2ccccc21. The fourth-order valence-electron chi connectivity index (χ4n) is 3.43. The third-order valence-corrected chi connectivity index (χ3v) is 6.23. The van der Waals surface area contributed by atoms with E-state index in [0.29, 0.717) is 11.3 Å². The van der Waals surface area contributed by atoms with Gasteiger partial charge in [0.2, 0.25) is 0 Å². The zero-order valence-corrected chi connectivity index (χ0v) is 11.7. The predicted octanol–water partition coefficient (Wildman–Crippen LogP) is 2.71. The van der Waals surface area contributed by atoms with Crippen LogP contribution in [-0.2, 0) is 14.6 Å². The molecule has 4 heteroatoms. The van der Waals surface area contributed by atoms with Crippen molar-refractivity contribution in [3.05, 3.63) is 29.8 Å². The lowest BCUT2D eigenvalue weighted by molar-refractivity contribution is -0.123. The summed E-state index contributed by atoms with van der Waals surface area (Å²) in [6.45, 7) is 0. The number of hydrogen-bond donors (Lipinski definition) is 0. The second kappa shape index (κ2) is 4.75. The topological polar surface area (TPSA) is 51.2 Å². The summed E-state index contributed by atoms with van der Waals surface area (Å²) in [6, 6.07) is 7.18. The molecule has 1 fully saturated rings. The molecule has 1 saturated carbocycles. The predicted molar refractivity (Wildman–Crippen MR) is 72.8 cm³/mol. The van der Waals surface area contributed by atoms with Crippen molar-refractivity contribution in [3.63, 3.8) is 0 Å². The van der Waals surface area contributed by atoms with Crippen LogP contribution < -0.4 is 0 Å². The highest BCUT2D eigenvalue weighted by Crippen LogP contribution is 2.42. The van der Waals surface area contributed by atoms with E-state index >= 15 is 0 Å². The number of fused-ring (bicyclic) bond motifs is 1. The van der Waals surface area contributed by atoms with Crippen LogP contribution in [0.2, 0.25) is 0 Å². The summed E-state index contributed by atoms with van der Waals surface area (Å²) in [5.41, 5.74) is 0.864. The second-order valence-corrected chi connectivity index (χ2v) is 7.60. The lowest BCUT2D eigenvalue weighted by Crippen LogP contribution is -2.22. The van der Waals surface area contributed by atoms with E-state index in [0.717, 1.165) is 31.2 Å². The van der Waals surface area contributed by atoms with Gasteiger partial charge in [0.15, 0.2) is 9.84 Å². The average molecular weight is 278 g/mol. The standard InChI is InChI=1S/C15H18O3S/c16-14-8-3-1-2-6-11(14)13-10-19(17,18)15-9-5-4-7-12(13)15/h4-5,7,9,11,13H,1-3,6,8,10H2. The van der Waals surface area contributed by atoms with E-state index < -0.39 is 9.84 Å². The lowest BCUT2D eigenvalue weighted by atomic mass is 9.82. The van der Waals surface area contributed by atoms with Gasteiger partial charge in [-0.05, 0) is 24.5 Å². The average Bonchev–Trinajstić information content (AvgIpc) is 2.53. The highest BCUT2D eigenvalue weighted by molar-refractivity contribution is 7.91. The Bertz CT molecular complexity index is 604. The normalized spacial score (nSPS) is 29.8. The van der Waals surface area contributed by atoms with Crippen molar-refractivity contribution in [2.45, 2.75) is 42.9 Å². The molecular formula is C15H18O3S. The number of rotatable bonds is 1. The Kier molecular flexibility index (Phi) is 3.21. The van der Waals surface area contributed by atoms with Crippen molar-refractivity contribution < 1.29 is 13.2 Å². The molecule has 102 valence electrons. The summed E-state index contributed by atoms with van der Waals surface area (Å²) in [4.78, 5) is 12.7. The minimum absolute atomic E-state index is 0.0964. The molecule has 0 saturated heterocycles. The Balaban J connectivity index is 2.01. The zero-order chi connectivity index (χ0) is 13.5. The number of hydrogen-bond acceptors (Lipinski definition) is 3. The van der Waals surface area contributed by atoms with Crippen molar-refractivity contribution in [1.29, 1.82) is 0 Å². The summed E-state index contributed by atoms with van der Waals surface area (Å²) in [5.74, 6) is 0.157. The molecule has 0 N–H and O–H groups in total. The molecule has 0 radical (unpaired) electrons. The van der Waals surface area contributed by atoms with Crippen molar-refractivity contribution in [1.82, 2.24) is 0 Å². The first-order valence-electron chi connectivity index (χ1n) is 6.94. The first-order valence-corrected chi connectivity index (χ1v) is 8.59. The zero-order valence-electron chi connectivity index (χ0n) is 10.8. The summed E-state index contributed by atoms with van der Waals surface area (Å²) in [5, 5.41) is 0. The van der Waals surface area contributed by atoms with Gasteiger partial charge >= 0.3 is 0 Å². The lowest BCUT2D eigenvalue weighted by Gasteiger charge is -2.20. The van der Waals surface area contributed by atoms with Crippen LogP contribution in [0.3, 0.4) is 0 Å². The third kappa shape index (κ3) is 2.22. The van der Waals surface area contributed by atoms with Crippen molar-refractivity contribution in [2.75, 3.05) is 5.75 Å². The summed E-state index contributed by atoms with van der Waals surface area (Å²) >= 11 is 0. The van der Waals surface area contributed by atoms with Gasteiger partial charge in [-0.2, -0.15) is 0 Å². The van der Waals surface area contributed by atoms with Gasteiger partial charge in [-0.25, -0.2) is 8.42 Å². The molecular weight excluding hydrogens is 260 g/mol. The van der Waals surface area contributed by atoms with Crippen molar-refractivity contribution in [2.24, 2.45) is 5.92 Å². The molecule has 1 heterocycles. The maximum Gasteiger partial charge on any atom is 0.179 e. The van der Waals surface area contributed by atoms with Gasteiger partial charge in [-0.3, -0.25) is 4.79 Å². The highest BCUT2D eigenvalue weighted by Gasteiger charge is 2.41. The minimum atomic E-state index is -3.19. The van der Waals surface area contributed by atoms with Gasteiger partial charge < -0.3 is 0 Å². The van der Waals surface area contributed by atoms with Crippen LogP contribution in [0.5, 0.6) is 0 Å². The van der Waals surface area contributed by atoms with Crippen LogP contribution in [0.4, 0.5) is 0 Å². The fourth-order valence-corrected chi connectivity index (χ4v) is 5.36. The molecule has 0 bridgehead atoms. The smallest absolute Gasteiger partial charge is 0.179 e. The number of sulfone groups is 1. The number of carbonyl (C=O) groups excluding carboxylic acids is 1. The van der Waals surface area contributed by atoms with E-state index in [4.69, 9.17) is 0 Å². The maximum atomic E-state index is 12.2. The molecule has 2 atom stereocenters. The monoisotopic (exact) mass is 278 g/mol. The molecule has 0 amide bonds. The van der Waals surface area contributed by atoms with Crippen LogP contribution in [0.15, 0.2) is 29.2 Å². The van der Waals surface area contributed by atoms with Crippen LogP contribution in [-0.4, -0.2) is 20.0 Å². The Hall–Kier alpha value is -1.16. The van der Waals surface area contributed by atoms with Gasteiger partial charge in [0.25, 0.3) is 0 Å². The van der Waals surface area contributed by atoms with Gasteiger partial charge in [0.05, 0.1) is 10.6 Å². The Morgan fingerprint density at radius 2 is 1.79 bits per heavy atom. The number of benzene rings is 1. The van der Waals surface area contributed by atoms with E-state index in [1.54, 1.807) is 12.1 Å². The van der Waals surface area contributed by atoms with Crippen LogP contribution in [0.25, 0.3) is 0 Å². The molecule has 0 spiro atoms. The molecule has 1 aliphatic carbocycles. The van der Waals surface area contributed by atoms with Gasteiger partial charge in [-0.15, -0.1) is 0 Å². The summed E-state index contributed by atoms with van der Waals surface area (Å²) in [7, 11) is -3.19. The molecule has 19 heavy (non-hydrogen) atoms. The van der Waals surface area contributed by atoms with Crippen LogP contribution in [0, 0.1) is 5.92 Å². The van der Waals surface area contributed by atoms with Gasteiger partial charge in [-0.1, -0.05) is 31.0 Å². The molecule has 3 nitrogen and oxygen atoms in total. The Morgan fingerprint density at radius 3 is 2.63 bits per heavy atom. The van der Waals surface area contributed by atoms with Crippen LogP contribution in [0.1, 0.15) is 43.6 Å². The number of ketones is 1. The number of Topliss-reactive ketones (excluding diaryl/α,β-unsaturated/α-hetero) is 1. The third-order valence-electron chi connectivity index (χ3n) is 4.39. The fraction of sp³-hybridized carbons (Fsp3) is 0.533. The van der Waals surface area contributed by atoms with E-state index in [1.165, 1.54) is 0 Å². The largest absolute Gasteiger partial charge is 0.299 e. The molecule has 1 aromatic carbocycles. The first-order chi connectivity index (χ1) is 9.09. The first kappa shape index (κ1) is 12.9. The number of carbonyl (C=O) groups is 1. The van der Waals surface area contributed by atoms with E-state index in [2.05, 4.69) is 0 Å². The van der Waals surface area contributed by atoms with Crippen molar-refractivity contribution in [3.8, 4) is 0 Å². The molecule has 3 rings (SSSR count). The Labute approximate surface area is 113 Å². The quantitative estimate of drug-likeness (QED) is 0.742. The molecule has 1 aromatic rings. The Morgan fingerprint density at radius 1 is 1.00 bits per heavy atom. The van der Waals surface area contributed by atoms with E-state index in [1.807, 2.05) is 12.1 Å². The minimum Gasteiger partial charge on any atom is -0.299 e. The molecule has 2 aliphatic rings. The van der Waals surface area contributed by atoms with Crippen LogP contribution >= 0.6 is 0 Å². The summed E-state index contributed by atoms with van der Waals surface area (Å²) < 4.78 is 24.4. The second-order valence-electron chi connectivity index (χ2n) is 5.60. The molecule has 1 aliphatic heterocycles.